The average molecular weight is 467 g/mol. The van der Waals surface area contributed by atoms with Crippen molar-refractivity contribution >= 4 is 0 Å². The van der Waals surface area contributed by atoms with Gasteiger partial charge in [-0.05, 0) is 67.6 Å². The molecule has 5 heteroatoms. The van der Waals surface area contributed by atoms with E-state index in [1.165, 1.54) is 64.2 Å². The fraction of sp³-hybridized carbons (Fsp3) is 0.643. The SMILES string of the molecule is CCC[C@H]1CC[C@H](CCC2CCC(/C=C/C#Cc3cc(F)c(C(F)(F)F)c(F)c3)CC2)CC1. The second kappa shape index (κ2) is 12.0. The zero-order valence-corrected chi connectivity index (χ0v) is 19.5. The van der Waals surface area contributed by atoms with Gasteiger partial charge in [-0.1, -0.05) is 76.2 Å². The zero-order chi connectivity index (χ0) is 23.8. The van der Waals surface area contributed by atoms with E-state index >= 15 is 0 Å². The van der Waals surface area contributed by atoms with Gasteiger partial charge in [0.2, 0.25) is 0 Å². The first-order chi connectivity index (χ1) is 15.8. The summed E-state index contributed by atoms with van der Waals surface area (Å²) >= 11 is 0. The van der Waals surface area contributed by atoms with Gasteiger partial charge in [0.15, 0.2) is 0 Å². The van der Waals surface area contributed by atoms with Crippen molar-refractivity contribution in [3.63, 3.8) is 0 Å². The predicted molar refractivity (Wildman–Crippen MR) is 122 cm³/mol. The van der Waals surface area contributed by atoms with Gasteiger partial charge in [0.1, 0.15) is 17.2 Å². The molecule has 0 amide bonds. The van der Waals surface area contributed by atoms with Crippen LogP contribution in [0.3, 0.4) is 0 Å². The Hall–Kier alpha value is -1.83. The van der Waals surface area contributed by atoms with Crippen molar-refractivity contribution in [1.82, 2.24) is 0 Å². The molecule has 2 aliphatic carbocycles. The number of hydrogen-bond acceptors (Lipinski definition) is 0. The second-order valence-electron chi connectivity index (χ2n) is 9.97. The first kappa shape index (κ1) is 25.8. The van der Waals surface area contributed by atoms with Gasteiger partial charge in [0.25, 0.3) is 0 Å². The lowest BCUT2D eigenvalue weighted by Gasteiger charge is -2.31. The van der Waals surface area contributed by atoms with Crippen molar-refractivity contribution in [3.05, 3.63) is 47.0 Å². The molecule has 0 saturated heterocycles. The van der Waals surface area contributed by atoms with Crippen molar-refractivity contribution in [2.45, 2.75) is 90.1 Å². The highest BCUT2D eigenvalue weighted by molar-refractivity contribution is 5.40. The van der Waals surface area contributed by atoms with Crippen molar-refractivity contribution in [2.24, 2.45) is 23.7 Å². The zero-order valence-electron chi connectivity index (χ0n) is 19.5. The van der Waals surface area contributed by atoms with Gasteiger partial charge < -0.3 is 0 Å². The number of halogens is 5. The van der Waals surface area contributed by atoms with Gasteiger partial charge >= 0.3 is 6.18 Å². The molecule has 2 aliphatic rings. The third-order valence-corrected chi connectivity index (χ3v) is 7.53. The molecule has 0 radical (unpaired) electrons. The van der Waals surface area contributed by atoms with Crippen molar-refractivity contribution in [3.8, 4) is 11.8 Å². The molecule has 2 saturated carbocycles. The van der Waals surface area contributed by atoms with Gasteiger partial charge in [-0.2, -0.15) is 13.2 Å². The third-order valence-electron chi connectivity index (χ3n) is 7.53. The van der Waals surface area contributed by atoms with Crippen LogP contribution < -0.4 is 0 Å². The Morgan fingerprint density at radius 1 is 0.818 bits per heavy atom. The molecule has 0 nitrogen and oxygen atoms in total. The minimum absolute atomic E-state index is 0.102. The highest BCUT2D eigenvalue weighted by atomic mass is 19.4. The van der Waals surface area contributed by atoms with E-state index in [1.54, 1.807) is 6.08 Å². The molecule has 0 aromatic heterocycles. The number of alkyl halides is 3. The topological polar surface area (TPSA) is 0 Å². The standard InChI is InChI=1S/C28H35F5/c1-2-5-20-8-12-22(13-9-20)16-17-23-14-10-21(11-15-23)6-3-4-7-24-18-25(29)27(26(30)19-24)28(31,32)33/h3,6,18-23H,2,5,8-17H2,1H3/b6-3+/t20-,21?,22-,23?. The fourth-order valence-electron chi connectivity index (χ4n) is 5.58. The summed E-state index contributed by atoms with van der Waals surface area (Å²) in [7, 11) is 0. The summed E-state index contributed by atoms with van der Waals surface area (Å²) in [5, 5.41) is 0. The summed E-state index contributed by atoms with van der Waals surface area (Å²) in [4.78, 5) is 0. The molecule has 2 fully saturated rings. The Bertz CT molecular complexity index is 818. The van der Waals surface area contributed by atoms with Gasteiger partial charge in [-0.3, -0.25) is 0 Å². The quantitative estimate of drug-likeness (QED) is 0.290. The van der Waals surface area contributed by atoms with Crippen LogP contribution in [0.2, 0.25) is 0 Å². The minimum atomic E-state index is -5.06. The van der Waals surface area contributed by atoms with Crippen LogP contribution in [-0.2, 0) is 6.18 Å². The molecule has 0 atom stereocenters. The molecule has 0 unspecified atom stereocenters. The Labute approximate surface area is 195 Å². The van der Waals surface area contributed by atoms with Gasteiger partial charge in [0, 0.05) is 5.56 Å². The lowest BCUT2D eigenvalue weighted by molar-refractivity contribution is -0.142. The summed E-state index contributed by atoms with van der Waals surface area (Å²) in [5.41, 5.74) is -1.97. The highest BCUT2D eigenvalue weighted by Gasteiger charge is 2.37. The van der Waals surface area contributed by atoms with E-state index < -0.39 is 23.4 Å². The predicted octanol–water partition coefficient (Wildman–Crippen LogP) is 9.08. The molecule has 182 valence electrons. The molecule has 3 rings (SSSR count). The first-order valence-electron chi connectivity index (χ1n) is 12.5. The summed E-state index contributed by atoms with van der Waals surface area (Å²) in [6.07, 6.45) is 14.4. The van der Waals surface area contributed by atoms with Gasteiger partial charge in [0.05, 0.1) is 0 Å². The molecular formula is C28H35F5. The van der Waals surface area contributed by atoms with E-state index in [1.807, 2.05) is 6.08 Å². The monoisotopic (exact) mass is 466 g/mol. The first-order valence-corrected chi connectivity index (χ1v) is 12.5. The molecule has 0 bridgehead atoms. The molecule has 0 aliphatic heterocycles. The van der Waals surface area contributed by atoms with Crippen LogP contribution in [0.1, 0.15) is 95.1 Å². The Kier molecular flexibility index (Phi) is 9.41. The van der Waals surface area contributed by atoms with E-state index in [0.717, 1.165) is 30.6 Å². The molecular weight excluding hydrogens is 431 g/mol. The van der Waals surface area contributed by atoms with Crippen LogP contribution >= 0.6 is 0 Å². The van der Waals surface area contributed by atoms with Crippen LogP contribution in [0.4, 0.5) is 22.0 Å². The maximum absolute atomic E-state index is 13.6. The van der Waals surface area contributed by atoms with Crippen molar-refractivity contribution < 1.29 is 22.0 Å². The van der Waals surface area contributed by atoms with Gasteiger partial charge in [-0.15, -0.1) is 0 Å². The molecule has 33 heavy (non-hydrogen) atoms. The van der Waals surface area contributed by atoms with Crippen LogP contribution in [0.25, 0.3) is 0 Å². The summed E-state index contributed by atoms with van der Waals surface area (Å²) in [5.74, 6) is 5.12. The highest BCUT2D eigenvalue weighted by Crippen LogP contribution is 2.38. The number of allylic oxidation sites excluding steroid dienone is 2. The Morgan fingerprint density at radius 3 is 1.79 bits per heavy atom. The number of rotatable bonds is 6. The van der Waals surface area contributed by atoms with E-state index in [0.29, 0.717) is 18.1 Å². The Balaban J connectivity index is 1.40. The average Bonchev–Trinajstić information content (AvgIpc) is 2.76. The maximum atomic E-state index is 13.6. The summed E-state index contributed by atoms with van der Waals surface area (Å²) in [6, 6.07) is 1.27. The smallest absolute Gasteiger partial charge is 0.206 e. The largest absolute Gasteiger partial charge is 0.422 e. The molecule has 1 aromatic carbocycles. The normalized spacial score (nSPS) is 26.2. The van der Waals surface area contributed by atoms with Crippen LogP contribution in [0, 0.1) is 47.1 Å². The van der Waals surface area contributed by atoms with Crippen LogP contribution in [0.15, 0.2) is 24.3 Å². The van der Waals surface area contributed by atoms with E-state index in [4.69, 9.17) is 0 Å². The fourth-order valence-corrected chi connectivity index (χ4v) is 5.58. The van der Waals surface area contributed by atoms with Gasteiger partial charge in [-0.25, -0.2) is 8.78 Å². The maximum Gasteiger partial charge on any atom is 0.422 e. The van der Waals surface area contributed by atoms with Crippen LogP contribution in [-0.4, -0.2) is 0 Å². The molecule has 1 aromatic rings. The van der Waals surface area contributed by atoms with Crippen molar-refractivity contribution in [1.29, 1.82) is 0 Å². The molecule has 0 heterocycles. The second-order valence-corrected chi connectivity index (χ2v) is 9.97. The Morgan fingerprint density at radius 2 is 1.30 bits per heavy atom. The summed E-state index contributed by atoms with van der Waals surface area (Å²) < 4.78 is 65.2. The van der Waals surface area contributed by atoms with Crippen LogP contribution in [0.5, 0.6) is 0 Å². The van der Waals surface area contributed by atoms with Crippen molar-refractivity contribution in [2.75, 3.05) is 0 Å². The lowest BCUT2D eigenvalue weighted by Crippen LogP contribution is -2.17. The molecule has 0 spiro atoms. The summed E-state index contributed by atoms with van der Waals surface area (Å²) in [6.45, 7) is 2.28. The minimum Gasteiger partial charge on any atom is -0.206 e. The van der Waals surface area contributed by atoms with E-state index in [-0.39, 0.29) is 5.56 Å². The third kappa shape index (κ3) is 7.87. The van der Waals surface area contributed by atoms with E-state index in [2.05, 4.69) is 18.8 Å². The number of hydrogen-bond donors (Lipinski definition) is 0. The van der Waals surface area contributed by atoms with E-state index in [9.17, 15) is 22.0 Å². The number of benzene rings is 1. The lowest BCUT2D eigenvalue weighted by atomic mass is 9.75. The molecule has 0 N–H and O–H groups in total.